The Morgan fingerprint density at radius 1 is 1.59 bits per heavy atom. The number of ether oxygens (including phenoxy) is 1. The van der Waals surface area contributed by atoms with Crippen LogP contribution in [0.3, 0.4) is 0 Å². The molecule has 1 amide bonds. The summed E-state index contributed by atoms with van der Waals surface area (Å²) >= 11 is 2.02. The maximum Gasteiger partial charge on any atom is 0.251 e. The predicted molar refractivity (Wildman–Crippen MR) is 72.1 cm³/mol. The smallest absolute Gasteiger partial charge is 0.251 e. The van der Waals surface area contributed by atoms with Crippen LogP contribution in [0.1, 0.15) is 16.8 Å². The van der Waals surface area contributed by atoms with Gasteiger partial charge in [0.05, 0.1) is 10.2 Å². The maximum atomic E-state index is 11.8. The molecule has 0 aliphatic carbocycles. The highest BCUT2D eigenvalue weighted by atomic mass is 127. The largest absolute Gasteiger partial charge is 0.507 e. The van der Waals surface area contributed by atoms with Crippen molar-refractivity contribution >= 4 is 28.5 Å². The van der Waals surface area contributed by atoms with E-state index in [9.17, 15) is 9.90 Å². The maximum absolute atomic E-state index is 11.8. The Morgan fingerprint density at radius 2 is 2.41 bits per heavy atom. The van der Waals surface area contributed by atoms with Crippen LogP contribution in [-0.4, -0.2) is 30.8 Å². The number of phenols is 1. The van der Waals surface area contributed by atoms with Gasteiger partial charge in [-0.3, -0.25) is 4.79 Å². The van der Waals surface area contributed by atoms with Crippen LogP contribution in [0, 0.1) is 9.49 Å². The summed E-state index contributed by atoms with van der Waals surface area (Å²) in [5, 5.41) is 12.4. The molecule has 5 heteroatoms. The molecule has 0 aromatic heterocycles. The highest BCUT2D eigenvalue weighted by Crippen LogP contribution is 2.20. The van der Waals surface area contributed by atoms with Gasteiger partial charge in [-0.15, -0.1) is 0 Å². The van der Waals surface area contributed by atoms with Crippen molar-refractivity contribution < 1.29 is 14.6 Å². The van der Waals surface area contributed by atoms with Crippen molar-refractivity contribution in [2.45, 2.75) is 6.42 Å². The van der Waals surface area contributed by atoms with Crippen LogP contribution in [0.15, 0.2) is 18.2 Å². The molecule has 1 aliphatic rings. The van der Waals surface area contributed by atoms with Gasteiger partial charge in [0.15, 0.2) is 0 Å². The highest BCUT2D eigenvalue weighted by Gasteiger charge is 2.17. The lowest BCUT2D eigenvalue weighted by atomic mass is 10.1. The third kappa shape index (κ3) is 3.32. The monoisotopic (exact) mass is 347 g/mol. The molecular formula is C12H14INO3. The zero-order valence-electron chi connectivity index (χ0n) is 9.28. The summed E-state index contributed by atoms with van der Waals surface area (Å²) < 4.78 is 5.98. The Kier molecular flexibility index (Phi) is 4.22. The highest BCUT2D eigenvalue weighted by molar-refractivity contribution is 14.1. The first-order chi connectivity index (χ1) is 8.16. The van der Waals surface area contributed by atoms with Gasteiger partial charge >= 0.3 is 0 Å². The van der Waals surface area contributed by atoms with Crippen LogP contribution in [0.4, 0.5) is 0 Å². The second-order valence-electron chi connectivity index (χ2n) is 4.11. The lowest BCUT2D eigenvalue weighted by Gasteiger charge is -2.09. The van der Waals surface area contributed by atoms with Crippen LogP contribution in [0.5, 0.6) is 5.75 Å². The van der Waals surface area contributed by atoms with Crippen LogP contribution < -0.4 is 5.32 Å². The number of phenolic OH excluding ortho intramolecular Hbond substituents is 1. The molecule has 1 fully saturated rings. The Morgan fingerprint density at radius 3 is 3.06 bits per heavy atom. The van der Waals surface area contributed by atoms with Crippen molar-refractivity contribution in [1.82, 2.24) is 5.32 Å². The number of benzene rings is 1. The number of halogens is 1. The molecule has 2 rings (SSSR count). The molecule has 17 heavy (non-hydrogen) atoms. The van der Waals surface area contributed by atoms with E-state index in [0.29, 0.717) is 18.0 Å². The first-order valence-electron chi connectivity index (χ1n) is 5.51. The molecule has 92 valence electrons. The van der Waals surface area contributed by atoms with E-state index in [-0.39, 0.29) is 11.7 Å². The minimum Gasteiger partial charge on any atom is -0.507 e. The van der Waals surface area contributed by atoms with Crippen molar-refractivity contribution in [3.05, 3.63) is 27.3 Å². The Bertz CT molecular complexity index is 416. The summed E-state index contributed by atoms with van der Waals surface area (Å²) in [6.07, 6.45) is 0.998. The lowest BCUT2D eigenvalue weighted by molar-refractivity contribution is 0.0944. The molecule has 0 bridgehead atoms. The van der Waals surface area contributed by atoms with Crippen LogP contribution >= 0.6 is 22.6 Å². The molecule has 1 heterocycles. The normalized spacial score (nSPS) is 19.2. The second-order valence-corrected chi connectivity index (χ2v) is 5.27. The van der Waals surface area contributed by atoms with Gasteiger partial charge in [-0.25, -0.2) is 0 Å². The minimum absolute atomic E-state index is 0.141. The van der Waals surface area contributed by atoms with E-state index in [1.807, 2.05) is 22.6 Å². The fraction of sp³-hybridized carbons (Fsp3) is 0.417. The Labute approximate surface area is 113 Å². The quantitative estimate of drug-likeness (QED) is 0.820. The second kappa shape index (κ2) is 5.68. The molecule has 1 aliphatic heterocycles. The average Bonchev–Trinajstić information content (AvgIpc) is 2.82. The Balaban J connectivity index is 1.92. The number of aromatic hydroxyl groups is 1. The number of rotatable bonds is 3. The first-order valence-corrected chi connectivity index (χ1v) is 6.59. The fourth-order valence-electron chi connectivity index (χ4n) is 1.74. The number of hydrogen-bond acceptors (Lipinski definition) is 3. The average molecular weight is 347 g/mol. The molecule has 1 aromatic rings. The molecule has 4 nitrogen and oxygen atoms in total. The third-order valence-electron chi connectivity index (χ3n) is 2.78. The van der Waals surface area contributed by atoms with E-state index >= 15 is 0 Å². The van der Waals surface area contributed by atoms with Gasteiger partial charge in [-0.1, -0.05) is 0 Å². The number of nitrogens with one attached hydrogen (secondary N) is 1. The molecule has 1 saturated heterocycles. The van der Waals surface area contributed by atoms with Crippen molar-refractivity contribution in [1.29, 1.82) is 0 Å². The van der Waals surface area contributed by atoms with Gasteiger partial charge in [-0.2, -0.15) is 0 Å². The summed E-state index contributed by atoms with van der Waals surface area (Å²) in [5.74, 6) is 0.405. The van der Waals surface area contributed by atoms with Gasteiger partial charge in [-0.05, 0) is 47.2 Å². The van der Waals surface area contributed by atoms with Crippen LogP contribution in [0.25, 0.3) is 0 Å². The van der Waals surface area contributed by atoms with Gasteiger partial charge in [0, 0.05) is 24.6 Å². The molecule has 2 N–H and O–H groups in total. The van der Waals surface area contributed by atoms with Gasteiger partial charge in [0.2, 0.25) is 0 Å². The van der Waals surface area contributed by atoms with Crippen LogP contribution in [-0.2, 0) is 4.74 Å². The van der Waals surface area contributed by atoms with E-state index in [2.05, 4.69) is 5.32 Å². The van der Waals surface area contributed by atoms with E-state index in [4.69, 9.17) is 4.74 Å². The van der Waals surface area contributed by atoms with Crippen molar-refractivity contribution in [2.75, 3.05) is 19.8 Å². The zero-order valence-corrected chi connectivity index (χ0v) is 11.4. The molecule has 1 aromatic carbocycles. The first kappa shape index (κ1) is 12.6. The molecule has 0 saturated carbocycles. The Hall–Kier alpha value is -0.820. The minimum atomic E-state index is -0.149. The van der Waals surface area contributed by atoms with Crippen molar-refractivity contribution in [3.8, 4) is 5.75 Å². The van der Waals surface area contributed by atoms with Crippen LogP contribution in [0.2, 0.25) is 0 Å². The summed E-state index contributed by atoms with van der Waals surface area (Å²) in [6.45, 7) is 2.13. The van der Waals surface area contributed by atoms with Crippen molar-refractivity contribution in [3.63, 3.8) is 0 Å². The molecular weight excluding hydrogens is 333 g/mol. The molecule has 0 spiro atoms. The number of carbonyl (C=O) groups excluding carboxylic acids is 1. The topological polar surface area (TPSA) is 58.6 Å². The SMILES string of the molecule is O=C(NCC1CCOC1)c1ccc(I)c(O)c1. The summed E-state index contributed by atoms with van der Waals surface area (Å²) in [7, 11) is 0. The van der Waals surface area contributed by atoms with E-state index < -0.39 is 0 Å². The molecule has 1 unspecified atom stereocenters. The predicted octanol–water partition coefficient (Wildman–Crippen LogP) is 1.76. The standard InChI is InChI=1S/C12H14INO3/c13-10-2-1-9(5-11(10)15)12(16)14-6-8-3-4-17-7-8/h1-2,5,8,15H,3-4,6-7H2,(H,14,16). The molecule has 1 atom stereocenters. The van der Waals surface area contributed by atoms with Gasteiger partial charge in [0.25, 0.3) is 5.91 Å². The van der Waals surface area contributed by atoms with Crippen molar-refractivity contribution in [2.24, 2.45) is 5.92 Å². The van der Waals surface area contributed by atoms with Gasteiger partial charge < -0.3 is 15.2 Å². The summed E-state index contributed by atoms with van der Waals surface area (Å²) in [4.78, 5) is 11.8. The summed E-state index contributed by atoms with van der Waals surface area (Å²) in [5.41, 5.74) is 0.488. The fourth-order valence-corrected chi connectivity index (χ4v) is 2.07. The lowest BCUT2D eigenvalue weighted by Crippen LogP contribution is -2.29. The third-order valence-corrected chi connectivity index (χ3v) is 3.70. The zero-order chi connectivity index (χ0) is 12.3. The van der Waals surface area contributed by atoms with E-state index in [0.717, 1.165) is 23.2 Å². The number of hydrogen-bond donors (Lipinski definition) is 2. The number of carbonyl (C=O) groups is 1. The van der Waals surface area contributed by atoms with Gasteiger partial charge in [0.1, 0.15) is 5.75 Å². The summed E-state index contributed by atoms with van der Waals surface area (Å²) in [6, 6.07) is 4.92. The van der Waals surface area contributed by atoms with E-state index in [1.165, 1.54) is 6.07 Å². The molecule has 0 radical (unpaired) electrons. The number of amides is 1. The van der Waals surface area contributed by atoms with E-state index in [1.54, 1.807) is 12.1 Å².